The molecule has 2 rings (SSSR count). The fourth-order valence-corrected chi connectivity index (χ4v) is 2.86. The van der Waals surface area contributed by atoms with E-state index < -0.39 is 5.54 Å². The summed E-state index contributed by atoms with van der Waals surface area (Å²) in [6.07, 6.45) is 0.808. The fourth-order valence-electron chi connectivity index (χ4n) is 2.66. The lowest BCUT2D eigenvalue weighted by Crippen LogP contribution is -2.49. The van der Waals surface area contributed by atoms with Gasteiger partial charge in [0.05, 0.1) is 11.6 Å². The molecule has 0 fully saturated rings. The van der Waals surface area contributed by atoms with E-state index in [-0.39, 0.29) is 12.1 Å². The van der Waals surface area contributed by atoms with Gasteiger partial charge in [0, 0.05) is 12.1 Å². The SMILES string of the molecule is CCC(C)(NC(=O)N(C)C(C)c1cccc(Cl)c1)c1ccccc1. The third-order valence-corrected chi connectivity index (χ3v) is 4.97. The van der Waals surface area contributed by atoms with Crippen LogP contribution in [0.5, 0.6) is 0 Å². The summed E-state index contributed by atoms with van der Waals surface area (Å²) in [6, 6.07) is 17.5. The maximum atomic E-state index is 12.8. The van der Waals surface area contributed by atoms with Crippen LogP contribution in [0.2, 0.25) is 5.02 Å². The lowest BCUT2D eigenvalue weighted by Gasteiger charge is -2.34. The third-order valence-electron chi connectivity index (χ3n) is 4.73. The van der Waals surface area contributed by atoms with E-state index >= 15 is 0 Å². The molecule has 0 saturated heterocycles. The van der Waals surface area contributed by atoms with E-state index in [0.717, 1.165) is 17.5 Å². The molecule has 2 aromatic rings. The van der Waals surface area contributed by atoms with E-state index in [0.29, 0.717) is 5.02 Å². The van der Waals surface area contributed by atoms with Gasteiger partial charge in [-0.1, -0.05) is 61.0 Å². The molecule has 0 aromatic heterocycles. The third kappa shape index (κ3) is 4.09. The van der Waals surface area contributed by atoms with Gasteiger partial charge in [0.2, 0.25) is 0 Å². The zero-order valence-electron chi connectivity index (χ0n) is 14.7. The molecular weight excluding hydrogens is 320 g/mol. The van der Waals surface area contributed by atoms with Gasteiger partial charge in [-0.2, -0.15) is 0 Å². The van der Waals surface area contributed by atoms with Crippen molar-refractivity contribution in [3.63, 3.8) is 0 Å². The number of hydrogen-bond donors (Lipinski definition) is 1. The van der Waals surface area contributed by atoms with Crippen LogP contribution in [0.1, 0.15) is 44.4 Å². The topological polar surface area (TPSA) is 32.3 Å². The van der Waals surface area contributed by atoms with Gasteiger partial charge in [-0.3, -0.25) is 0 Å². The maximum Gasteiger partial charge on any atom is 0.318 e. The van der Waals surface area contributed by atoms with Crippen molar-refractivity contribution in [1.82, 2.24) is 10.2 Å². The van der Waals surface area contributed by atoms with Gasteiger partial charge >= 0.3 is 6.03 Å². The normalized spacial score (nSPS) is 14.5. The molecule has 0 bridgehead atoms. The van der Waals surface area contributed by atoms with Gasteiger partial charge in [0.15, 0.2) is 0 Å². The van der Waals surface area contributed by atoms with E-state index in [1.165, 1.54) is 0 Å². The van der Waals surface area contributed by atoms with E-state index in [4.69, 9.17) is 11.6 Å². The van der Waals surface area contributed by atoms with Gasteiger partial charge in [-0.15, -0.1) is 0 Å². The Labute approximate surface area is 149 Å². The van der Waals surface area contributed by atoms with Crippen LogP contribution in [0.25, 0.3) is 0 Å². The molecule has 0 heterocycles. The number of carbonyl (C=O) groups is 1. The van der Waals surface area contributed by atoms with Crippen LogP contribution in [0, 0.1) is 0 Å². The molecule has 0 radical (unpaired) electrons. The lowest BCUT2D eigenvalue weighted by molar-refractivity contribution is 0.180. The van der Waals surface area contributed by atoms with Gasteiger partial charge in [-0.25, -0.2) is 4.79 Å². The molecule has 1 N–H and O–H groups in total. The minimum absolute atomic E-state index is 0.0689. The Morgan fingerprint density at radius 2 is 1.88 bits per heavy atom. The number of carbonyl (C=O) groups excluding carboxylic acids is 1. The van der Waals surface area contributed by atoms with Crippen LogP contribution in [-0.4, -0.2) is 18.0 Å². The zero-order valence-corrected chi connectivity index (χ0v) is 15.5. The molecule has 24 heavy (non-hydrogen) atoms. The average Bonchev–Trinajstić information content (AvgIpc) is 2.61. The summed E-state index contributed by atoms with van der Waals surface area (Å²) in [5, 5.41) is 3.86. The lowest BCUT2D eigenvalue weighted by atomic mass is 9.89. The maximum absolute atomic E-state index is 12.8. The second-order valence-electron chi connectivity index (χ2n) is 6.32. The molecule has 4 heteroatoms. The average molecular weight is 345 g/mol. The van der Waals surface area contributed by atoms with Crippen molar-refractivity contribution in [2.45, 2.75) is 38.8 Å². The summed E-state index contributed by atoms with van der Waals surface area (Å²) in [5.74, 6) is 0. The van der Waals surface area contributed by atoms with E-state index in [9.17, 15) is 4.79 Å². The largest absolute Gasteiger partial charge is 0.329 e. The first kappa shape index (κ1) is 18.3. The molecule has 2 amide bonds. The van der Waals surface area contributed by atoms with Crippen molar-refractivity contribution in [1.29, 1.82) is 0 Å². The minimum atomic E-state index is -0.402. The molecular formula is C20H25ClN2O. The monoisotopic (exact) mass is 344 g/mol. The Morgan fingerprint density at radius 1 is 1.21 bits per heavy atom. The predicted molar refractivity (Wildman–Crippen MR) is 100 cm³/mol. The van der Waals surface area contributed by atoms with Crippen LogP contribution in [0.15, 0.2) is 54.6 Å². The Balaban J connectivity index is 2.15. The molecule has 0 saturated carbocycles. The fraction of sp³-hybridized carbons (Fsp3) is 0.350. The van der Waals surface area contributed by atoms with Gasteiger partial charge in [0.1, 0.15) is 0 Å². The number of benzene rings is 2. The summed E-state index contributed by atoms with van der Waals surface area (Å²) in [4.78, 5) is 14.5. The van der Waals surface area contributed by atoms with Crippen LogP contribution < -0.4 is 5.32 Å². The van der Waals surface area contributed by atoms with Crippen LogP contribution in [0.3, 0.4) is 0 Å². The highest BCUT2D eigenvalue weighted by Gasteiger charge is 2.29. The first-order valence-corrected chi connectivity index (χ1v) is 8.61. The van der Waals surface area contributed by atoms with Crippen LogP contribution >= 0.6 is 11.6 Å². The number of amides is 2. The van der Waals surface area contributed by atoms with Crippen molar-refractivity contribution in [3.8, 4) is 0 Å². The first-order valence-electron chi connectivity index (χ1n) is 8.23. The number of nitrogens with one attached hydrogen (secondary N) is 1. The summed E-state index contributed by atoms with van der Waals surface area (Å²) in [5.41, 5.74) is 1.71. The Bertz CT molecular complexity index is 689. The van der Waals surface area contributed by atoms with Crippen molar-refractivity contribution in [3.05, 3.63) is 70.7 Å². The number of nitrogens with zero attached hydrogens (tertiary/aromatic N) is 1. The number of halogens is 1. The van der Waals surface area contributed by atoms with Crippen LogP contribution in [0.4, 0.5) is 4.79 Å². The van der Waals surface area contributed by atoms with E-state index in [1.54, 1.807) is 4.90 Å². The molecule has 2 unspecified atom stereocenters. The highest BCUT2D eigenvalue weighted by Crippen LogP contribution is 2.26. The summed E-state index contributed by atoms with van der Waals surface area (Å²) in [7, 11) is 1.81. The van der Waals surface area contributed by atoms with Crippen molar-refractivity contribution < 1.29 is 4.79 Å². The van der Waals surface area contributed by atoms with E-state index in [1.807, 2.05) is 68.6 Å². The highest BCUT2D eigenvalue weighted by atomic mass is 35.5. The van der Waals surface area contributed by atoms with Crippen molar-refractivity contribution in [2.24, 2.45) is 0 Å². The molecule has 0 aliphatic rings. The second kappa shape index (κ2) is 7.71. The Morgan fingerprint density at radius 3 is 2.46 bits per heavy atom. The number of rotatable bonds is 5. The van der Waals surface area contributed by atoms with Crippen LogP contribution in [-0.2, 0) is 5.54 Å². The van der Waals surface area contributed by atoms with E-state index in [2.05, 4.69) is 19.2 Å². The smallest absolute Gasteiger partial charge is 0.318 e. The second-order valence-corrected chi connectivity index (χ2v) is 6.76. The van der Waals surface area contributed by atoms with Crippen molar-refractivity contribution >= 4 is 17.6 Å². The first-order chi connectivity index (χ1) is 11.4. The highest BCUT2D eigenvalue weighted by molar-refractivity contribution is 6.30. The standard InChI is InChI=1S/C20H25ClN2O/c1-5-20(3,17-11-7-6-8-12-17)22-19(24)23(4)15(2)16-10-9-13-18(21)14-16/h6-15H,5H2,1-4H3,(H,22,24). The summed E-state index contributed by atoms with van der Waals surface area (Å²) < 4.78 is 0. The summed E-state index contributed by atoms with van der Waals surface area (Å²) >= 11 is 6.06. The molecule has 0 aliphatic heterocycles. The number of urea groups is 1. The number of hydrogen-bond acceptors (Lipinski definition) is 1. The molecule has 2 aromatic carbocycles. The Hall–Kier alpha value is -2.00. The van der Waals surface area contributed by atoms with Gasteiger partial charge in [-0.05, 0) is 43.5 Å². The molecule has 0 spiro atoms. The van der Waals surface area contributed by atoms with Gasteiger partial charge < -0.3 is 10.2 Å². The molecule has 2 atom stereocenters. The predicted octanol–water partition coefficient (Wildman–Crippen LogP) is 5.37. The molecule has 0 aliphatic carbocycles. The quantitative estimate of drug-likeness (QED) is 0.777. The zero-order chi connectivity index (χ0) is 17.7. The Kier molecular flexibility index (Phi) is 5.89. The van der Waals surface area contributed by atoms with Crippen molar-refractivity contribution in [2.75, 3.05) is 7.05 Å². The molecule has 3 nitrogen and oxygen atoms in total. The van der Waals surface area contributed by atoms with Gasteiger partial charge in [0.25, 0.3) is 0 Å². The minimum Gasteiger partial charge on any atom is -0.329 e. The summed E-state index contributed by atoms with van der Waals surface area (Å²) in [6.45, 7) is 6.13. The molecule has 128 valence electrons.